The first-order chi connectivity index (χ1) is 12.4. The zero-order chi connectivity index (χ0) is 18.6. The lowest BCUT2D eigenvalue weighted by Gasteiger charge is -2.10. The zero-order valence-electron chi connectivity index (χ0n) is 14.4. The molecular formula is C22H19F3O. The van der Waals surface area contributed by atoms with Crippen molar-refractivity contribution in [2.45, 2.75) is 26.1 Å². The molecule has 0 heterocycles. The SMILES string of the molecule is CCCc1ccc(-c2ccc(-c3ccc(OC(F)(F)F)cc3)cc2)cc1. The average Bonchev–Trinajstić information content (AvgIpc) is 2.62. The second-order valence-electron chi connectivity index (χ2n) is 6.10. The van der Waals surface area contributed by atoms with Gasteiger partial charge in [0, 0.05) is 0 Å². The van der Waals surface area contributed by atoms with Gasteiger partial charge < -0.3 is 4.74 Å². The predicted molar refractivity (Wildman–Crippen MR) is 98.0 cm³/mol. The number of halogens is 3. The predicted octanol–water partition coefficient (Wildman–Crippen LogP) is 6.87. The third-order valence-electron chi connectivity index (χ3n) is 4.13. The smallest absolute Gasteiger partial charge is 0.406 e. The fourth-order valence-electron chi connectivity index (χ4n) is 2.86. The lowest BCUT2D eigenvalue weighted by molar-refractivity contribution is -0.274. The summed E-state index contributed by atoms with van der Waals surface area (Å²) in [7, 11) is 0. The van der Waals surface area contributed by atoms with Gasteiger partial charge in [0.1, 0.15) is 5.75 Å². The number of aryl methyl sites for hydroxylation is 1. The van der Waals surface area contributed by atoms with E-state index in [9.17, 15) is 13.2 Å². The molecule has 3 rings (SSSR count). The quantitative estimate of drug-likeness (QED) is 0.484. The normalized spacial score (nSPS) is 11.4. The molecule has 1 nitrogen and oxygen atoms in total. The second kappa shape index (κ2) is 7.65. The van der Waals surface area contributed by atoms with Crippen molar-refractivity contribution >= 4 is 0 Å². The van der Waals surface area contributed by atoms with Gasteiger partial charge in [-0.3, -0.25) is 0 Å². The molecule has 0 amide bonds. The third kappa shape index (κ3) is 4.66. The van der Waals surface area contributed by atoms with Gasteiger partial charge in [-0.15, -0.1) is 13.2 Å². The van der Waals surface area contributed by atoms with E-state index in [-0.39, 0.29) is 5.75 Å². The van der Waals surface area contributed by atoms with Crippen molar-refractivity contribution in [3.63, 3.8) is 0 Å². The molecular weight excluding hydrogens is 337 g/mol. The Hall–Kier alpha value is -2.75. The van der Waals surface area contributed by atoms with Gasteiger partial charge in [-0.05, 0) is 46.4 Å². The highest BCUT2D eigenvalue weighted by Crippen LogP contribution is 2.28. The highest BCUT2D eigenvalue weighted by atomic mass is 19.4. The lowest BCUT2D eigenvalue weighted by Crippen LogP contribution is -2.16. The fraction of sp³-hybridized carbons (Fsp3) is 0.182. The minimum atomic E-state index is -4.67. The van der Waals surface area contributed by atoms with Crippen molar-refractivity contribution in [3.8, 4) is 28.0 Å². The van der Waals surface area contributed by atoms with Gasteiger partial charge in [0.2, 0.25) is 0 Å². The van der Waals surface area contributed by atoms with Gasteiger partial charge in [0.25, 0.3) is 0 Å². The molecule has 0 fully saturated rings. The highest BCUT2D eigenvalue weighted by molar-refractivity contribution is 5.70. The largest absolute Gasteiger partial charge is 0.573 e. The number of alkyl halides is 3. The van der Waals surface area contributed by atoms with Crippen LogP contribution in [0.4, 0.5) is 13.2 Å². The van der Waals surface area contributed by atoms with E-state index in [0.29, 0.717) is 0 Å². The summed E-state index contributed by atoms with van der Waals surface area (Å²) in [6.07, 6.45) is -2.47. The number of hydrogen-bond donors (Lipinski definition) is 0. The van der Waals surface area contributed by atoms with Crippen LogP contribution in [0.25, 0.3) is 22.3 Å². The molecule has 0 aliphatic rings. The summed E-state index contributed by atoms with van der Waals surface area (Å²) in [5.41, 5.74) is 5.35. The Morgan fingerprint density at radius 1 is 0.654 bits per heavy atom. The summed E-state index contributed by atoms with van der Waals surface area (Å²) < 4.78 is 40.5. The molecule has 0 bridgehead atoms. The average molecular weight is 356 g/mol. The highest BCUT2D eigenvalue weighted by Gasteiger charge is 2.30. The molecule has 4 heteroatoms. The first-order valence-corrected chi connectivity index (χ1v) is 8.50. The first-order valence-electron chi connectivity index (χ1n) is 8.50. The standard InChI is InChI=1S/C22H19F3O/c1-2-3-16-4-6-17(7-5-16)18-8-10-19(11-9-18)20-12-14-21(15-13-20)26-22(23,24)25/h4-15H,2-3H2,1H3. The molecule has 0 unspecified atom stereocenters. The molecule has 0 aromatic heterocycles. The van der Waals surface area contributed by atoms with Crippen molar-refractivity contribution < 1.29 is 17.9 Å². The Balaban J connectivity index is 1.74. The topological polar surface area (TPSA) is 9.23 Å². The van der Waals surface area contributed by atoms with Gasteiger partial charge in [-0.2, -0.15) is 0 Å². The monoisotopic (exact) mass is 356 g/mol. The molecule has 0 saturated carbocycles. The van der Waals surface area contributed by atoms with Crippen LogP contribution in [0.15, 0.2) is 72.8 Å². The van der Waals surface area contributed by atoms with Crippen LogP contribution in [-0.4, -0.2) is 6.36 Å². The molecule has 0 atom stereocenters. The maximum Gasteiger partial charge on any atom is 0.573 e. The van der Waals surface area contributed by atoms with Crippen LogP contribution < -0.4 is 4.74 Å². The van der Waals surface area contributed by atoms with Crippen LogP contribution in [0.3, 0.4) is 0 Å². The van der Waals surface area contributed by atoms with Crippen LogP contribution in [0.2, 0.25) is 0 Å². The van der Waals surface area contributed by atoms with Crippen LogP contribution in [0.1, 0.15) is 18.9 Å². The fourth-order valence-corrected chi connectivity index (χ4v) is 2.86. The number of ether oxygens (including phenoxy) is 1. The van der Waals surface area contributed by atoms with E-state index in [1.54, 1.807) is 12.1 Å². The summed E-state index contributed by atoms with van der Waals surface area (Å²) in [5.74, 6) is -0.218. The maximum atomic E-state index is 12.2. The minimum absolute atomic E-state index is 0.218. The van der Waals surface area contributed by atoms with Crippen molar-refractivity contribution in [1.29, 1.82) is 0 Å². The number of benzene rings is 3. The Kier molecular flexibility index (Phi) is 5.31. The van der Waals surface area contributed by atoms with Gasteiger partial charge in [0.05, 0.1) is 0 Å². The summed E-state index contributed by atoms with van der Waals surface area (Å²) in [5, 5.41) is 0. The molecule has 3 aromatic rings. The Morgan fingerprint density at radius 2 is 1.04 bits per heavy atom. The third-order valence-corrected chi connectivity index (χ3v) is 4.13. The van der Waals surface area contributed by atoms with E-state index in [1.807, 2.05) is 24.3 Å². The maximum absolute atomic E-state index is 12.2. The summed E-state index contributed by atoms with van der Waals surface area (Å²) in [4.78, 5) is 0. The molecule has 134 valence electrons. The number of rotatable bonds is 5. The van der Waals surface area contributed by atoms with Gasteiger partial charge in [0.15, 0.2) is 0 Å². The van der Waals surface area contributed by atoms with Crippen LogP contribution in [0.5, 0.6) is 5.75 Å². The summed E-state index contributed by atoms with van der Waals surface area (Å²) in [6, 6.07) is 22.4. The molecule has 0 saturated heterocycles. The van der Waals surface area contributed by atoms with Crippen LogP contribution >= 0.6 is 0 Å². The molecule has 0 aliphatic heterocycles. The lowest BCUT2D eigenvalue weighted by atomic mass is 9.99. The van der Waals surface area contributed by atoms with E-state index < -0.39 is 6.36 Å². The van der Waals surface area contributed by atoms with Crippen LogP contribution in [0, 0.1) is 0 Å². The van der Waals surface area contributed by atoms with Gasteiger partial charge in [-0.25, -0.2) is 0 Å². The summed E-state index contributed by atoms with van der Waals surface area (Å²) in [6.45, 7) is 2.16. The molecule has 0 N–H and O–H groups in total. The van der Waals surface area contributed by atoms with Crippen molar-refractivity contribution in [1.82, 2.24) is 0 Å². The molecule has 0 aliphatic carbocycles. The zero-order valence-corrected chi connectivity index (χ0v) is 14.4. The van der Waals surface area contributed by atoms with Gasteiger partial charge in [-0.1, -0.05) is 74.0 Å². The van der Waals surface area contributed by atoms with Crippen molar-refractivity contribution in [2.24, 2.45) is 0 Å². The van der Waals surface area contributed by atoms with Gasteiger partial charge >= 0.3 is 6.36 Å². The van der Waals surface area contributed by atoms with E-state index in [1.165, 1.54) is 17.7 Å². The van der Waals surface area contributed by atoms with E-state index in [0.717, 1.165) is 35.1 Å². The summed E-state index contributed by atoms with van der Waals surface area (Å²) >= 11 is 0. The molecule has 26 heavy (non-hydrogen) atoms. The second-order valence-corrected chi connectivity index (χ2v) is 6.10. The molecule has 0 radical (unpaired) electrons. The Labute approximate surface area is 151 Å². The van der Waals surface area contributed by atoms with E-state index in [2.05, 4.69) is 35.9 Å². The molecule has 0 spiro atoms. The van der Waals surface area contributed by atoms with E-state index >= 15 is 0 Å². The van der Waals surface area contributed by atoms with Crippen molar-refractivity contribution in [2.75, 3.05) is 0 Å². The van der Waals surface area contributed by atoms with Crippen molar-refractivity contribution in [3.05, 3.63) is 78.4 Å². The minimum Gasteiger partial charge on any atom is -0.406 e. The Bertz CT molecular complexity index is 833. The molecule has 3 aromatic carbocycles. The number of hydrogen-bond acceptors (Lipinski definition) is 1. The Morgan fingerprint density at radius 3 is 1.42 bits per heavy atom. The van der Waals surface area contributed by atoms with Crippen LogP contribution in [-0.2, 0) is 6.42 Å². The first kappa shape index (κ1) is 18.1. The van der Waals surface area contributed by atoms with E-state index in [4.69, 9.17) is 0 Å².